The Hall–Kier alpha value is -6.29. The van der Waals surface area contributed by atoms with Crippen LogP contribution in [0.4, 0.5) is 58.4 Å². The van der Waals surface area contributed by atoms with Crippen LogP contribution in [-0.4, -0.2) is 74.3 Å². The van der Waals surface area contributed by atoms with E-state index in [9.17, 15) is 71.0 Å². The minimum atomic E-state index is -6.21. The summed E-state index contributed by atoms with van der Waals surface area (Å²) in [5.74, 6) is -0.365. The van der Waals surface area contributed by atoms with Crippen LogP contribution >= 0.6 is 11.6 Å². The van der Waals surface area contributed by atoms with Crippen molar-refractivity contribution >= 4 is 33.3 Å². The van der Waals surface area contributed by atoms with E-state index < -0.39 is 74.6 Å². The van der Waals surface area contributed by atoms with Crippen LogP contribution in [0.5, 0.6) is 5.75 Å². The summed E-state index contributed by atoms with van der Waals surface area (Å²) in [4.78, 5) is 12.6. The Morgan fingerprint density at radius 1 is 0.667 bits per heavy atom. The van der Waals surface area contributed by atoms with Gasteiger partial charge in [0.15, 0.2) is 0 Å². The number of anilines is 1. The van der Waals surface area contributed by atoms with Gasteiger partial charge in [0.2, 0.25) is 0 Å². The average molecular weight is 1060 g/mol. The van der Waals surface area contributed by atoms with Crippen LogP contribution < -0.4 is 9.04 Å². The molecule has 0 radical (unpaired) electrons. The molecule has 0 fully saturated rings. The lowest BCUT2D eigenvalue weighted by Gasteiger charge is -2.33. The number of hydrogen-bond acceptors (Lipinski definition) is 6. The number of aliphatic hydroxyl groups is 1. The highest BCUT2D eigenvalue weighted by Gasteiger charge is 2.71. The largest absolute Gasteiger partial charge is 0.494 e. The van der Waals surface area contributed by atoms with Gasteiger partial charge < -0.3 is 14.9 Å². The van der Waals surface area contributed by atoms with Gasteiger partial charge in [0.25, 0.3) is 15.6 Å². The lowest BCUT2D eigenvalue weighted by atomic mass is 9.90. The molecule has 0 amide bonds. The zero-order valence-corrected chi connectivity index (χ0v) is 38.9. The van der Waals surface area contributed by atoms with Crippen molar-refractivity contribution in [1.29, 1.82) is 0 Å². The SMILES string of the molecule is O=C(O)Cc1cccc(OCCCN(Cc2cccc(C(F)(F)F)c2Cl)CC(c2ccccc2)c2ccccc2)c1.O=S(=O)(c1ccccc1)N(CC(F)(F)F)c1ccc(C(O)(C(F)(F)F)C(F)(F)F)cc1. The Morgan fingerprint density at radius 2 is 1.19 bits per heavy atom. The summed E-state index contributed by atoms with van der Waals surface area (Å²) in [7, 11) is -4.89. The highest BCUT2D eigenvalue weighted by Crippen LogP contribution is 2.50. The first-order chi connectivity index (χ1) is 33.6. The summed E-state index contributed by atoms with van der Waals surface area (Å²) < 4.78 is 188. The van der Waals surface area contributed by atoms with E-state index in [4.69, 9.17) is 21.4 Å². The molecule has 6 aromatic rings. The Kier molecular flexibility index (Phi) is 18.5. The van der Waals surface area contributed by atoms with Crippen LogP contribution in [0.1, 0.15) is 45.7 Å². The molecular weight excluding hydrogens is 1020 g/mol. The number of nitrogens with zero attached hydrogens (tertiary/aromatic N) is 2. The predicted molar refractivity (Wildman–Crippen MR) is 244 cm³/mol. The summed E-state index contributed by atoms with van der Waals surface area (Å²) in [5, 5.41) is 18.1. The van der Waals surface area contributed by atoms with Crippen LogP contribution in [0.2, 0.25) is 5.02 Å². The molecule has 0 unspecified atom stereocenters. The summed E-state index contributed by atoms with van der Waals surface area (Å²) in [6.07, 6.45) is -21.6. The van der Waals surface area contributed by atoms with E-state index >= 15 is 0 Å². The Balaban J connectivity index is 0.000000279. The molecular formula is C50H43ClF12N2O6S. The molecule has 8 nitrogen and oxygen atoms in total. The number of carbonyl (C=O) groups is 1. The second-order valence-electron chi connectivity index (χ2n) is 16.0. The average Bonchev–Trinajstić information content (AvgIpc) is 3.31. The molecule has 0 aliphatic heterocycles. The Morgan fingerprint density at radius 3 is 1.69 bits per heavy atom. The molecule has 386 valence electrons. The molecule has 6 aromatic carbocycles. The fourth-order valence-corrected chi connectivity index (χ4v) is 9.15. The van der Waals surface area contributed by atoms with Crippen LogP contribution in [0, 0.1) is 0 Å². The van der Waals surface area contributed by atoms with Gasteiger partial charge in [0.1, 0.15) is 12.3 Å². The predicted octanol–water partition coefficient (Wildman–Crippen LogP) is 12.8. The van der Waals surface area contributed by atoms with Gasteiger partial charge in [0, 0.05) is 31.1 Å². The molecule has 22 heteroatoms. The van der Waals surface area contributed by atoms with Crippen molar-refractivity contribution in [2.75, 3.05) is 30.5 Å². The molecule has 0 heterocycles. The molecule has 0 bridgehead atoms. The first-order valence-electron chi connectivity index (χ1n) is 21.3. The van der Waals surface area contributed by atoms with Crippen molar-refractivity contribution in [1.82, 2.24) is 4.90 Å². The van der Waals surface area contributed by atoms with E-state index in [2.05, 4.69) is 29.2 Å². The van der Waals surface area contributed by atoms with Crippen molar-refractivity contribution in [3.8, 4) is 5.75 Å². The van der Waals surface area contributed by atoms with Gasteiger partial charge in [0.05, 0.1) is 34.2 Å². The van der Waals surface area contributed by atoms with Gasteiger partial charge in [-0.3, -0.25) is 14.0 Å². The molecule has 0 aliphatic rings. The minimum Gasteiger partial charge on any atom is -0.494 e. The number of carboxylic acid groups (broad SMARTS) is 1. The smallest absolute Gasteiger partial charge is 0.430 e. The molecule has 2 N–H and O–H groups in total. The van der Waals surface area contributed by atoms with E-state index in [0.717, 1.165) is 29.3 Å². The monoisotopic (exact) mass is 1060 g/mol. The second kappa shape index (κ2) is 23.5. The molecule has 0 aromatic heterocycles. The van der Waals surface area contributed by atoms with Gasteiger partial charge in [-0.05, 0) is 71.1 Å². The van der Waals surface area contributed by atoms with E-state index in [1.807, 2.05) is 36.4 Å². The molecule has 6 rings (SSSR count). The number of ether oxygens (including phenoxy) is 1. The number of benzene rings is 6. The molecule has 0 saturated heterocycles. The van der Waals surface area contributed by atoms with E-state index in [-0.39, 0.29) is 40.3 Å². The van der Waals surface area contributed by atoms with Crippen molar-refractivity contribution in [2.24, 2.45) is 0 Å². The zero-order chi connectivity index (χ0) is 53.1. The lowest BCUT2D eigenvalue weighted by Crippen LogP contribution is -2.53. The minimum absolute atomic E-state index is 0.0180. The van der Waals surface area contributed by atoms with Crippen molar-refractivity contribution in [3.63, 3.8) is 0 Å². The number of alkyl halides is 12. The van der Waals surface area contributed by atoms with Crippen LogP contribution in [-0.2, 0) is 39.6 Å². The fourth-order valence-electron chi connectivity index (χ4n) is 7.38. The maximum absolute atomic E-state index is 13.6. The second-order valence-corrected chi connectivity index (χ2v) is 18.2. The third-order valence-electron chi connectivity index (χ3n) is 10.8. The van der Waals surface area contributed by atoms with Gasteiger partial charge in [-0.15, -0.1) is 0 Å². The fraction of sp³-hybridized carbons (Fsp3) is 0.260. The highest BCUT2D eigenvalue weighted by molar-refractivity contribution is 7.92. The van der Waals surface area contributed by atoms with Gasteiger partial charge in [-0.25, -0.2) is 8.42 Å². The molecule has 72 heavy (non-hydrogen) atoms. The highest BCUT2D eigenvalue weighted by atomic mass is 35.5. The van der Waals surface area contributed by atoms with E-state index in [0.29, 0.717) is 55.1 Å². The van der Waals surface area contributed by atoms with Crippen LogP contribution in [0.3, 0.4) is 0 Å². The summed E-state index contributed by atoms with van der Waals surface area (Å²) >= 11 is 6.29. The zero-order valence-electron chi connectivity index (χ0n) is 37.3. The quantitative estimate of drug-likeness (QED) is 0.0652. The van der Waals surface area contributed by atoms with Gasteiger partial charge >= 0.3 is 30.7 Å². The number of rotatable bonds is 18. The van der Waals surface area contributed by atoms with E-state index in [1.165, 1.54) is 24.3 Å². The van der Waals surface area contributed by atoms with E-state index in [1.54, 1.807) is 30.3 Å². The van der Waals surface area contributed by atoms with Crippen molar-refractivity contribution in [2.45, 2.75) is 60.5 Å². The standard InChI is InChI=1S/C33H31ClF3NO3.C17H12F9NO3S/c34-32-27(15-8-17-30(32)33(35,36)37)22-38(18-9-19-41-28-16-7-10-24(20-28)21-31(39)40)23-29(25-11-3-1-4-12-25)26-13-5-2-6-14-26;18-14(19,20)10-27(31(29,30)13-4-2-1-3-5-13)12-8-6-11(7-9-12)15(28,16(21,22)23)17(24,25)26/h1-8,10-17,20,29H,9,18-19,21-23H2,(H,39,40);1-9,28H,10H2. The van der Waals surface area contributed by atoms with Gasteiger partial charge in [-0.2, -0.15) is 52.7 Å². The first kappa shape index (κ1) is 56.6. The van der Waals surface area contributed by atoms with Crippen molar-refractivity contribution < 1.29 is 80.8 Å². The summed E-state index contributed by atoms with van der Waals surface area (Å²) in [5.41, 5.74) is -5.52. The topological polar surface area (TPSA) is 107 Å². The maximum atomic E-state index is 13.6. The van der Waals surface area contributed by atoms with Crippen LogP contribution in [0.25, 0.3) is 0 Å². The van der Waals surface area contributed by atoms with Gasteiger partial charge in [-0.1, -0.05) is 127 Å². The molecule has 0 spiro atoms. The number of hydrogen-bond donors (Lipinski definition) is 2. The third-order valence-corrected chi connectivity index (χ3v) is 13.0. The molecule has 0 aliphatic carbocycles. The summed E-state index contributed by atoms with van der Waals surface area (Å²) in [6.45, 7) is -0.434. The first-order valence-corrected chi connectivity index (χ1v) is 23.1. The Labute approximate surface area is 410 Å². The number of carboxylic acids is 1. The Bertz CT molecular complexity index is 2750. The normalized spacial score (nSPS) is 12.6. The maximum Gasteiger partial charge on any atom is 0.430 e. The summed E-state index contributed by atoms with van der Waals surface area (Å²) in [6, 6.07) is 37.4. The number of halogens is 13. The lowest BCUT2D eigenvalue weighted by molar-refractivity contribution is -0.376. The number of sulfonamides is 1. The van der Waals surface area contributed by atoms with Crippen molar-refractivity contribution in [3.05, 3.63) is 196 Å². The molecule has 0 saturated carbocycles. The number of aliphatic carboxylic acids is 1. The molecule has 0 atom stereocenters. The van der Waals surface area contributed by atoms with Crippen LogP contribution in [0.15, 0.2) is 163 Å². The third kappa shape index (κ3) is 14.9.